The Morgan fingerprint density at radius 2 is 0.987 bits per heavy atom. The molecular formula is C65H90FN5O5. The SMILES string of the molecule is CC(C)c1ccc(F)nc1.CC(C)c1cccc(C(=O)N(C)C)c1.Cc1ccc(C(C)C)cc1C(=O)N1CCCC1.Cc1ccc(C(C)C)cc1C(=O)N1CCOCC1.Cc1ccc(C(C)C)cc1N1CCCCC1=O. The number of carbonyl (C=O) groups excluding carboxylic acids is 4. The molecule has 4 aromatic carbocycles. The lowest BCUT2D eigenvalue weighted by atomic mass is 9.97. The molecule has 4 heterocycles. The van der Waals surface area contributed by atoms with Crippen LogP contribution in [0.1, 0.15) is 207 Å². The van der Waals surface area contributed by atoms with Gasteiger partial charge in [0.2, 0.25) is 11.9 Å². The fraction of sp³-hybridized carbons (Fsp3) is 0.492. The first-order chi connectivity index (χ1) is 36.0. The summed E-state index contributed by atoms with van der Waals surface area (Å²) in [6.07, 6.45) is 6.73. The first-order valence-corrected chi connectivity index (χ1v) is 27.7. The molecule has 76 heavy (non-hydrogen) atoms. The lowest BCUT2D eigenvalue weighted by molar-refractivity contribution is -0.119. The molecule has 3 aliphatic heterocycles. The number of amides is 4. The van der Waals surface area contributed by atoms with Gasteiger partial charge in [0.05, 0.1) is 13.2 Å². The number of hydrogen-bond donors (Lipinski definition) is 0. The van der Waals surface area contributed by atoms with Gasteiger partial charge >= 0.3 is 0 Å². The molecule has 8 rings (SSSR count). The summed E-state index contributed by atoms with van der Waals surface area (Å²) >= 11 is 0. The Morgan fingerprint density at radius 3 is 1.45 bits per heavy atom. The van der Waals surface area contributed by atoms with Crippen molar-refractivity contribution in [2.24, 2.45) is 0 Å². The van der Waals surface area contributed by atoms with Crippen molar-refractivity contribution < 1.29 is 28.3 Å². The number of ether oxygens (including phenoxy) is 1. The van der Waals surface area contributed by atoms with E-state index in [0.29, 0.717) is 62.3 Å². The minimum Gasteiger partial charge on any atom is -0.378 e. The molecule has 11 heteroatoms. The first kappa shape index (κ1) is 62.3. The number of likely N-dealkylation sites (tertiary alicyclic amines) is 1. The Balaban J connectivity index is 0.000000208. The van der Waals surface area contributed by atoms with Gasteiger partial charge in [-0.1, -0.05) is 124 Å². The van der Waals surface area contributed by atoms with Gasteiger partial charge in [-0.3, -0.25) is 19.2 Å². The normalized spacial score (nSPS) is 14.3. The lowest BCUT2D eigenvalue weighted by Crippen LogP contribution is -2.41. The Morgan fingerprint density at radius 1 is 0.539 bits per heavy atom. The molecule has 0 atom stereocenters. The molecule has 0 aliphatic carbocycles. The highest BCUT2D eigenvalue weighted by molar-refractivity contribution is 5.97. The molecule has 10 nitrogen and oxygen atoms in total. The third-order valence-corrected chi connectivity index (χ3v) is 14.1. The molecule has 3 saturated heterocycles. The van der Waals surface area contributed by atoms with Crippen molar-refractivity contribution in [3.8, 4) is 0 Å². The molecule has 0 radical (unpaired) electrons. The van der Waals surface area contributed by atoms with Crippen LogP contribution in [-0.2, 0) is 9.53 Å². The van der Waals surface area contributed by atoms with Crippen molar-refractivity contribution in [2.45, 2.75) is 152 Å². The van der Waals surface area contributed by atoms with Crippen LogP contribution in [0.25, 0.3) is 0 Å². The van der Waals surface area contributed by atoms with E-state index in [1.807, 2.05) is 58.9 Å². The molecule has 4 amide bonds. The fourth-order valence-electron chi connectivity index (χ4n) is 8.84. The number of nitrogens with zero attached hydrogens (tertiary/aromatic N) is 5. The zero-order valence-electron chi connectivity index (χ0n) is 48.8. The topological polar surface area (TPSA) is 103 Å². The number of hydrogen-bond acceptors (Lipinski definition) is 6. The second-order valence-corrected chi connectivity index (χ2v) is 22.1. The van der Waals surface area contributed by atoms with E-state index in [1.165, 1.54) is 33.9 Å². The van der Waals surface area contributed by atoms with Gasteiger partial charge in [0.25, 0.3) is 17.7 Å². The van der Waals surface area contributed by atoms with Crippen LogP contribution in [0.3, 0.4) is 0 Å². The number of aryl methyl sites for hydroxylation is 3. The number of benzene rings is 4. The van der Waals surface area contributed by atoms with E-state index < -0.39 is 5.95 Å². The monoisotopic (exact) mass is 1040 g/mol. The summed E-state index contributed by atoms with van der Waals surface area (Å²) in [7, 11) is 3.54. The average Bonchev–Trinajstić information content (AvgIpc) is 3.95. The number of rotatable bonds is 9. The highest BCUT2D eigenvalue weighted by Gasteiger charge is 2.24. The van der Waals surface area contributed by atoms with Gasteiger partial charge in [0.1, 0.15) is 0 Å². The predicted molar refractivity (Wildman–Crippen MR) is 311 cm³/mol. The maximum atomic E-state index is 12.5. The van der Waals surface area contributed by atoms with Gasteiger partial charge in [0.15, 0.2) is 0 Å². The second-order valence-electron chi connectivity index (χ2n) is 22.1. The summed E-state index contributed by atoms with van der Waals surface area (Å²) in [5.74, 6) is 2.59. The molecule has 5 aromatic rings. The van der Waals surface area contributed by atoms with E-state index in [2.05, 4.69) is 130 Å². The van der Waals surface area contributed by atoms with Crippen LogP contribution in [0, 0.1) is 26.7 Å². The summed E-state index contributed by atoms with van der Waals surface area (Å²) in [6.45, 7) is 32.9. The number of pyridine rings is 1. The highest BCUT2D eigenvalue weighted by Crippen LogP contribution is 2.29. The third-order valence-electron chi connectivity index (χ3n) is 14.1. The maximum Gasteiger partial charge on any atom is 0.254 e. The third kappa shape index (κ3) is 18.8. The summed E-state index contributed by atoms with van der Waals surface area (Å²) in [4.78, 5) is 59.4. The van der Waals surface area contributed by atoms with Gasteiger partial charge in [-0.05, 0) is 157 Å². The quantitative estimate of drug-likeness (QED) is 0.136. The van der Waals surface area contributed by atoms with E-state index in [4.69, 9.17) is 4.74 Å². The summed E-state index contributed by atoms with van der Waals surface area (Å²) in [5, 5.41) is 0. The number of morpholine rings is 1. The molecule has 0 spiro atoms. The largest absolute Gasteiger partial charge is 0.378 e. The van der Waals surface area contributed by atoms with Crippen molar-refractivity contribution >= 4 is 29.3 Å². The van der Waals surface area contributed by atoms with Crippen molar-refractivity contribution in [3.63, 3.8) is 0 Å². The zero-order valence-corrected chi connectivity index (χ0v) is 48.8. The number of halogens is 1. The van der Waals surface area contributed by atoms with E-state index in [-0.39, 0.29) is 23.6 Å². The Hall–Kier alpha value is -6.20. The minimum absolute atomic E-state index is 0.0625. The van der Waals surface area contributed by atoms with Crippen molar-refractivity contribution in [2.75, 3.05) is 64.9 Å². The molecule has 1 aromatic heterocycles. The lowest BCUT2D eigenvalue weighted by Gasteiger charge is -2.29. The Kier molecular flexibility index (Phi) is 25.0. The standard InChI is InChI=1S/C15H21NO2.2C15H21NO.C12H17NO.C8H10FN/c1-11(2)13-5-4-12(3)14(10-13)15(17)16-6-8-18-9-7-16;1-11(2)13-7-6-12(3)14(10-13)15(17)16-8-4-5-9-16;1-11(2)13-8-7-12(3)14(10-13)16-9-5-4-6-15(16)17;1-9(2)10-6-5-7-11(8-10)12(14)13(3)4;1-6(2)7-3-4-8(9)10-5-7/h4-5,10-11H,6-9H2,1-3H3;6-7,10-11H,4-5,8-9H2,1-3H3;7-8,10-11H,4-6,9H2,1-3H3;5-9H,1-4H3;3-6H,1-2H3. The van der Waals surface area contributed by atoms with E-state index >= 15 is 0 Å². The summed E-state index contributed by atoms with van der Waals surface area (Å²) in [6, 6.07) is 29.9. The maximum absolute atomic E-state index is 12.5. The number of anilines is 1. The van der Waals surface area contributed by atoms with Gasteiger partial charge in [-0.15, -0.1) is 0 Å². The number of piperidine rings is 1. The summed E-state index contributed by atoms with van der Waals surface area (Å²) < 4.78 is 17.5. The average molecular weight is 1040 g/mol. The molecule has 0 unspecified atom stereocenters. The zero-order chi connectivity index (χ0) is 56.2. The van der Waals surface area contributed by atoms with Crippen LogP contribution >= 0.6 is 0 Å². The van der Waals surface area contributed by atoms with Crippen LogP contribution in [0.15, 0.2) is 97.2 Å². The molecule has 0 N–H and O–H groups in total. The Labute approximate surface area is 456 Å². The van der Waals surface area contributed by atoms with E-state index in [9.17, 15) is 23.6 Å². The van der Waals surface area contributed by atoms with E-state index in [1.54, 1.807) is 31.3 Å². The first-order valence-electron chi connectivity index (χ1n) is 27.7. The fourth-order valence-corrected chi connectivity index (χ4v) is 8.84. The van der Waals surface area contributed by atoms with Crippen LogP contribution in [0.2, 0.25) is 0 Å². The number of carbonyl (C=O) groups is 4. The smallest absolute Gasteiger partial charge is 0.254 e. The minimum atomic E-state index is -0.413. The van der Waals surface area contributed by atoms with Crippen molar-refractivity contribution in [3.05, 3.63) is 164 Å². The summed E-state index contributed by atoms with van der Waals surface area (Å²) in [5.41, 5.74) is 13.0. The van der Waals surface area contributed by atoms with Gasteiger partial charge < -0.3 is 24.3 Å². The molecule has 0 saturated carbocycles. The molecular weight excluding hydrogens is 950 g/mol. The van der Waals surface area contributed by atoms with Crippen LogP contribution in [0.4, 0.5) is 10.1 Å². The van der Waals surface area contributed by atoms with Gasteiger partial charge in [0, 0.05) is 81.8 Å². The Bertz CT molecular complexity index is 2650. The van der Waals surface area contributed by atoms with E-state index in [0.717, 1.165) is 84.4 Å². The van der Waals surface area contributed by atoms with Crippen molar-refractivity contribution in [1.82, 2.24) is 19.7 Å². The molecule has 3 fully saturated rings. The highest BCUT2D eigenvalue weighted by atomic mass is 19.1. The van der Waals surface area contributed by atoms with Crippen molar-refractivity contribution in [1.29, 1.82) is 0 Å². The molecule has 3 aliphatic rings. The van der Waals surface area contributed by atoms with Gasteiger partial charge in [-0.2, -0.15) is 4.39 Å². The van der Waals surface area contributed by atoms with Gasteiger partial charge in [-0.25, -0.2) is 4.98 Å². The molecule has 0 bridgehead atoms. The van der Waals surface area contributed by atoms with Crippen LogP contribution in [0.5, 0.6) is 0 Å². The number of aromatic nitrogens is 1. The predicted octanol–water partition coefficient (Wildman–Crippen LogP) is 14.4. The second kappa shape index (κ2) is 30.5. The van der Waals surface area contributed by atoms with Crippen LogP contribution < -0.4 is 4.90 Å². The van der Waals surface area contributed by atoms with Crippen LogP contribution in [-0.4, -0.2) is 103 Å². The molecule has 412 valence electrons.